The number of amides is 1. The van der Waals surface area contributed by atoms with Crippen molar-refractivity contribution < 1.29 is 13.6 Å². The van der Waals surface area contributed by atoms with Crippen LogP contribution in [0, 0.1) is 17.6 Å². The van der Waals surface area contributed by atoms with Gasteiger partial charge in [-0.25, -0.2) is 13.5 Å². The second kappa shape index (κ2) is 7.46. The van der Waals surface area contributed by atoms with E-state index in [1.165, 1.54) is 29.1 Å². The van der Waals surface area contributed by atoms with Crippen LogP contribution in [-0.4, -0.2) is 37.8 Å². The summed E-state index contributed by atoms with van der Waals surface area (Å²) in [4.78, 5) is 18.9. The zero-order chi connectivity index (χ0) is 19.7. The van der Waals surface area contributed by atoms with Gasteiger partial charge < -0.3 is 4.90 Å². The largest absolute Gasteiger partial charge is 0.331 e. The monoisotopic (exact) mass is 383 g/mol. The van der Waals surface area contributed by atoms with Crippen molar-refractivity contribution in [2.45, 2.75) is 25.4 Å². The minimum Gasteiger partial charge on any atom is -0.331 e. The molecule has 0 spiro atoms. The predicted octanol–water partition coefficient (Wildman–Crippen LogP) is 3.22. The van der Waals surface area contributed by atoms with Gasteiger partial charge in [0.25, 0.3) is 5.91 Å². The third-order valence-corrected chi connectivity index (χ3v) is 4.94. The number of hydrogen-bond acceptors (Lipinski definition) is 4. The highest BCUT2D eigenvalue weighted by Crippen LogP contribution is 2.43. The van der Waals surface area contributed by atoms with Gasteiger partial charge in [-0.2, -0.15) is 0 Å². The van der Waals surface area contributed by atoms with E-state index in [9.17, 15) is 13.6 Å². The van der Waals surface area contributed by atoms with Gasteiger partial charge in [-0.05, 0) is 43.0 Å². The Labute approximate surface area is 160 Å². The van der Waals surface area contributed by atoms with Crippen LogP contribution in [-0.2, 0) is 6.54 Å². The molecule has 1 aliphatic carbocycles. The normalized spacial score (nSPS) is 14.7. The van der Waals surface area contributed by atoms with Crippen molar-refractivity contribution in [3.05, 3.63) is 77.4 Å². The summed E-state index contributed by atoms with van der Waals surface area (Å²) in [5.41, 5.74) is 0.839. The average Bonchev–Trinajstić information content (AvgIpc) is 3.42. The van der Waals surface area contributed by atoms with E-state index < -0.39 is 11.6 Å². The van der Waals surface area contributed by atoms with E-state index in [0.717, 1.165) is 18.5 Å². The highest BCUT2D eigenvalue weighted by atomic mass is 19.1. The van der Waals surface area contributed by atoms with Crippen LogP contribution in [0.5, 0.6) is 0 Å². The van der Waals surface area contributed by atoms with Crippen molar-refractivity contribution >= 4 is 5.91 Å². The molecule has 0 aliphatic heterocycles. The Balaban J connectivity index is 1.54. The zero-order valence-electron chi connectivity index (χ0n) is 15.3. The first-order chi connectivity index (χ1) is 13.5. The molecule has 6 nitrogen and oxygen atoms in total. The first-order valence-corrected chi connectivity index (χ1v) is 9.05. The van der Waals surface area contributed by atoms with E-state index in [2.05, 4.69) is 15.3 Å². The summed E-state index contributed by atoms with van der Waals surface area (Å²) in [5.74, 6) is -1.26. The summed E-state index contributed by atoms with van der Waals surface area (Å²) < 4.78 is 28.9. The molecule has 1 aliphatic rings. The van der Waals surface area contributed by atoms with Crippen LogP contribution in [0.2, 0.25) is 0 Å². The smallest absolute Gasteiger partial charge is 0.276 e. The van der Waals surface area contributed by atoms with E-state index in [1.54, 1.807) is 18.1 Å². The van der Waals surface area contributed by atoms with E-state index in [0.29, 0.717) is 5.92 Å². The maximum Gasteiger partial charge on any atom is 0.276 e. The Kier molecular flexibility index (Phi) is 4.85. The molecule has 0 unspecified atom stereocenters. The van der Waals surface area contributed by atoms with Gasteiger partial charge in [0.2, 0.25) is 0 Å². The molecule has 2 aromatic heterocycles. The molecule has 8 heteroatoms. The van der Waals surface area contributed by atoms with Gasteiger partial charge in [0, 0.05) is 18.8 Å². The number of hydrogen-bond donors (Lipinski definition) is 0. The topological polar surface area (TPSA) is 63.9 Å². The van der Waals surface area contributed by atoms with Gasteiger partial charge in [0.1, 0.15) is 11.6 Å². The molecule has 1 amide bonds. The molecule has 0 bridgehead atoms. The lowest BCUT2D eigenvalue weighted by atomic mass is 10.1. The molecule has 28 heavy (non-hydrogen) atoms. The third kappa shape index (κ3) is 3.62. The summed E-state index contributed by atoms with van der Waals surface area (Å²) in [7, 11) is 1.72. The quantitative estimate of drug-likeness (QED) is 0.656. The molecule has 4 rings (SSSR count). The van der Waals surface area contributed by atoms with Crippen LogP contribution in [0.15, 0.2) is 48.8 Å². The van der Waals surface area contributed by atoms with Gasteiger partial charge in [-0.1, -0.05) is 17.3 Å². The summed E-state index contributed by atoms with van der Waals surface area (Å²) >= 11 is 0. The SMILES string of the molecule is CN(C(=O)c1cn(Cc2c(F)cccc2F)nn1)[C@H](c1ccccn1)C1CC1. The fourth-order valence-electron chi connectivity index (χ4n) is 3.35. The van der Waals surface area contributed by atoms with E-state index in [4.69, 9.17) is 0 Å². The van der Waals surface area contributed by atoms with Crippen LogP contribution >= 0.6 is 0 Å². The summed E-state index contributed by atoms with van der Waals surface area (Å²) in [6.45, 7) is -0.144. The number of nitrogens with zero attached hydrogens (tertiary/aromatic N) is 5. The zero-order valence-corrected chi connectivity index (χ0v) is 15.3. The molecule has 1 aromatic carbocycles. The van der Waals surface area contributed by atoms with Crippen LogP contribution < -0.4 is 0 Å². The molecule has 2 heterocycles. The third-order valence-electron chi connectivity index (χ3n) is 4.94. The number of carbonyl (C=O) groups is 1. The highest BCUT2D eigenvalue weighted by molar-refractivity contribution is 5.92. The number of aromatic nitrogens is 4. The maximum absolute atomic E-state index is 13.8. The van der Waals surface area contributed by atoms with Crippen molar-refractivity contribution in [2.24, 2.45) is 5.92 Å². The van der Waals surface area contributed by atoms with Crippen molar-refractivity contribution in [2.75, 3.05) is 7.05 Å². The standard InChI is InChI=1S/C20H19F2N5O/c1-26(19(13-8-9-13)17-7-2-3-10-23-17)20(28)18-12-27(25-24-18)11-14-15(21)5-4-6-16(14)22/h2-7,10,12-13,19H,8-9,11H2,1H3/t19-/m0/s1. The maximum atomic E-state index is 13.8. The van der Waals surface area contributed by atoms with Gasteiger partial charge in [-0.3, -0.25) is 9.78 Å². The number of pyridine rings is 1. The number of halogens is 2. The Bertz CT molecular complexity index is 967. The molecule has 0 N–H and O–H groups in total. The molecular formula is C20H19F2N5O. The van der Waals surface area contributed by atoms with Crippen molar-refractivity contribution in [3.8, 4) is 0 Å². The van der Waals surface area contributed by atoms with Crippen LogP contribution in [0.3, 0.4) is 0 Å². The first kappa shape index (κ1) is 18.2. The Morgan fingerprint density at radius 3 is 2.61 bits per heavy atom. The van der Waals surface area contributed by atoms with E-state index in [-0.39, 0.29) is 29.8 Å². The fraction of sp³-hybridized carbons (Fsp3) is 0.300. The molecule has 3 aromatic rings. The number of benzene rings is 1. The van der Waals surface area contributed by atoms with Crippen LogP contribution in [0.1, 0.15) is 40.6 Å². The second-order valence-corrected chi connectivity index (χ2v) is 6.95. The molecule has 0 radical (unpaired) electrons. The predicted molar refractivity (Wildman–Crippen MR) is 97.3 cm³/mol. The van der Waals surface area contributed by atoms with Crippen molar-refractivity contribution in [1.29, 1.82) is 0 Å². The second-order valence-electron chi connectivity index (χ2n) is 6.95. The van der Waals surface area contributed by atoms with Gasteiger partial charge >= 0.3 is 0 Å². The average molecular weight is 383 g/mol. The highest BCUT2D eigenvalue weighted by Gasteiger charge is 2.38. The minimum absolute atomic E-state index is 0.121. The van der Waals surface area contributed by atoms with E-state index >= 15 is 0 Å². The van der Waals surface area contributed by atoms with Crippen molar-refractivity contribution in [3.63, 3.8) is 0 Å². The summed E-state index contributed by atoms with van der Waals surface area (Å²) in [5, 5.41) is 7.76. The van der Waals surface area contributed by atoms with Crippen LogP contribution in [0.25, 0.3) is 0 Å². The number of carbonyl (C=O) groups excluding carboxylic acids is 1. The van der Waals surface area contributed by atoms with E-state index in [1.807, 2.05) is 18.2 Å². The summed E-state index contributed by atoms with van der Waals surface area (Å²) in [6, 6.07) is 9.17. The molecule has 1 atom stereocenters. The van der Waals surface area contributed by atoms with Gasteiger partial charge in [-0.15, -0.1) is 5.10 Å². The molecule has 144 valence electrons. The van der Waals surface area contributed by atoms with Gasteiger partial charge in [0.15, 0.2) is 5.69 Å². The van der Waals surface area contributed by atoms with Gasteiger partial charge in [0.05, 0.1) is 24.5 Å². The lowest BCUT2D eigenvalue weighted by Gasteiger charge is -2.27. The van der Waals surface area contributed by atoms with Crippen LogP contribution in [0.4, 0.5) is 8.78 Å². The Morgan fingerprint density at radius 2 is 1.96 bits per heavy atom. The Morgan fingerprint density at radius 1 is 1.21 bits per heavy atom. The lowest BCUT2D eigenvalue weighted by Crippen LogP contribution is -2.33. The Hall–Kier alpha value is -3.16. The fourth-order valence-corrected chi connectivity index (χ4v) is 3.35. The van der Waals surface area contributed by atoms with Crippen molar-refractivity contribution in [1.82, 2.24) is 24.9 Å². The first-order valence-electron chi connectivity index (χ1n) is 9.05. The summed E-state index contributed by atoms with van der Waals surface area (Å²) in [6.07, 6.45) is 5.20. The molecule has 0 saturated heterocycles. The minimum atomic E-state index is -0.663. The molecular weight excluding hydrogens is 364 g/mol. The molecule has 1 fully saturated rings. The molecule has 1 saturated carbocycles. The lowest BCUT2D eigenvalue weighted by molar-refractivity contribution is 0.0701. The number of rotatable bonds is 6.